The van der Waals surface area contributed by atoms with Gasteiger partial charge in [-0.05, 0) is 26.0 Å². The molecule has 0 aromatic carbocycles. The van der Waals surface area contributed by atoms with E-state index in [1.54, 1.807) is 18.3 Å². The molecule has 1 aliphatic rings. The van der Waals surface area contributed by atoms with Crippen LogP contribution in [0.4, 0.5) is 0 Å². The number of hydrogen-bond donors (Lipinski definition) is 2. The predicted molar refractivity (Wildman–Crippen MR) is 89.3 cm³/mol. The second-order valence-electron chi connectivity index (χ2n) is 5.56. The van der Waals surface area contributed by atoms with E-state index in [1.165, 1.54) is 4.31 Å². The van der Waals surface area contributed by atoms with Gasteiger partial charge in [0.2, 0.25) is 10.0 Å². The molecule has 23 heavy (non-hydrogen) atoms. The zero-order chi connectivity index (χ0) is 17.0. The molecule has 0 saturated carbocycles. The minimum atomic E-state index is -3.43. The molecule has 1 fully saturated rings. The highest BCUT2D eigenvalue weighted by atomic mass is 32.2. The monoisotopic (exact) mass is 359 g/mol. The lowest BCUT2D eigenvalue weighted by Crippen LogP contribution is -2.49. The molecule has 0 spiro atoms. The van der Waals surface area contributed by atoms with Crippen LogP contribution in [0.3, 0.4) is 0 Å². The Hall–Kier alpha value is -1.29. The van der Waals surface area contributed by atoms with E-state index in [0.29, 0.717) is 23.3 Å². The fourth-order valence-corrected chi connectivity index (χ4v) is 4.20. The van der Waals surface area contributed by atoms with Crippen molar-refractivity contribution in [1.82, 2.24) is 14.6 Å². The molecule has 2 heterocycles. The van der Waals surface area contributed by atoms with Crippen LogP contribution in [-0.4, -0.2) is 61.2 Å². The number of hydrogen-bond acceptors (Lipinski definition) is 5. The molecular weight excluding hydrogens is 338 g/mol. The van der Waals surface area contributed by atoms with Crippen LogP contribution in [0.25, 0.3) is 0 Å². The van der Waals surface area contributed by atoms with Crippen LogP contribution >= 0.6 is 12.2 Å². The predicted octanol–water partition coefficient (Wildman–Crippen LogP) is 0.913. The summed E-state index contributed by atoms with van der Waals surface area (Å²) in [5.41, 5.74) is 0.327. The van der Waals surface area contributed by atoms with Gasteiger partial charge in [0, 0.05) is 25.8 Å². The van der Waals surface area contributed by atoms with Crippen molar-refractivity contribution in [3.05, 3.63) is 28.5 Å². The number of morpholine rings is 1. The second kappa shape index (κ2) is 7.52. The third-order valence-corrected chi connectivity index (χ3v) is 5.63. The summed E-state index contributed by atoms with van der Waals surface area (Å²) in [6.45, 7) is 4.40. The molecule has 9 heteroatoms. The molecule has 0 unspecified atom stereocenters. The van der Waals surface area contributed by atoms with Crippen molar-refractivity contribution in [2.45, 2.75) is 26.1 Å². The van der Waals surface area contributed by atoms with Crippen LogP contribution in [0, 0.1) is 4.64 Å². The maximum absolute atomic E-state index is 12.4. The average Bonchev–Trinajstić information content (AvgIpc) is 2.46. The lowest BCUT2D eigenvalue weighted by Gasteiger charge is -2.34. The van der Waals surface area contributed by atoms with Gasteiger partial charge in [-0.3, -0.25) is 4.79 Å². The standard InChI is InChI=1S/C14H21N3O4S2/c1-10-8-17(9-11(2)21-10)23(19,20)7-6-15-13(18)12-4-3-5-16-14(12)22/h3-5,10-11H,6-9H2,1-2H3,(H,15,18)(H,16,22)/t10-,11-/m0/s1. The number of sulfonamides is 1. The molecule has 128 valence electrons. The van der Waals surface area contributed by atoms with E-state index in [2.05, 4.69) is 10.3 Å². The zero-order valence-electron chi connectivity index (χ0n) is 13.1. The van der Waals surface area contributed by atoms with E-state index in [4.69, 9.17) is 17.0 Å². The summed E-state index contributed by atoms with van der Waals surface area (Å²) in [5, 5.41) is 2.59. The molecule has 1 saturated heterocycles. The van der Waals surface area contributed by atoms with Gasteiger partial charge in [0.25, 0.3) is 5.91 Å². The van der Waals surface area contributed by atoms with Crippen LogP contribution < -0.4 is 5.32 Å². The summed E-state index contributed by atoms with van der Waals surface area (Å²) in [6, 6.07) is 3.26. The quantitative estimate of drug-likeness (QED) is 0.763. The Morgan fingerprint density at radius 2 is 2.09 bits per heavy atom. The molecule has 2 atom stereocenters. The van der Waals surface area contributed by atoms with Crippen molar-refractivity contribution in [3.8, 4) is 0 Å². The first-order valence-electron chi connectivity index (χ1n) is 7.39. The van der Waals surface area contributed by atoms with Gasteiger partial charge in [0.1, 0.15) is 4.64 Å². The summed E-state index contributed by atoms with van der Waals surface area (Å²) < 4.78 is 32.0. The van der Waals surface area contributed by atoms with Gasteiger partial charge in [-0.1, -0.05) is 12.2 Å². The number of aromatic nitrogens is 1. The molecule has 0 aliphatic carbocycles. The van der Waals surface area contributed by atoms with E-state index in [-0.39, 0.29) is 30.4 Å². The first-order chi connectivity index (χ1) is 10.8. The highest BCUT2D eigenvalue weighted by Gasteiger charge is 2.30. The number of amides is 1. The molecule has 0 radical (unpaired) electrons. The van der Waals surface area contributed by atoms with Crippen LogP contribution in [0.2, 0.25) is 0 Å². The molecule has 1 amide bonds. The van der Waals surface area contributed by atoms with Crippen molar-refractivity contribution < 1.29 is 17.9 Å². The van der Waals surface area contributed by atoms with Gasteiger partial charge < -0.3 is 15.0 Å². The highest BCUT2D eigenvalue weighted by molar-refractivity contribution is 7.89. The van der Waals surface area contributed by atoms with E-state index in [0.717, 1.165) is 0 Å². The summed E-state index contributed by atoms with van der Waals surface area (Å²) in [7, 11) is -3.43. The smallest absolute Gasteiger partial charge is 0.254 e. The fourth-order valence-electron chi connectivity index (χ4n) is 2.48. The molecule has 1 aromatic heterocycles. The van der Waals surface area contributed by atoms with Crippen LogP contribution in [0.15, 0.2) is 18.3 Å². The molecule has 7 nitrogen and oxygen atoms in total. The summed E-state index contributed by atoms with van der Waals surface area (Å²) >= 11 is 5.02. The van der Waals surface area contributed by atoms with E-state index in [1.807, 2.05) is 13.8 Å². The minimum absolute atomic E-state index is 0.0327. The molecule has 1 aliphatic heterocycles. The number of ether oxygens (including phenoxy) is 1. The molecule has 0 bridgehead atoms. The Labute approximate surface area is 141 Å². The average molecular weight is 359 g/mol. The third kappa shape index (κ3) is 4.84. The first-order valence-corrected chi connectivity index (χ1v) is 9.40. The highest BCUT2D eigenvalue weighted by Crippen LogP contribution is 2.14. The van der Waals surface area contributed by atoms with Crippen molar-refractivity contribution >= 4 is 28.1 Å². The normalized spacial score (nSPS) is 22.7. The Morgan fingerprint density at radius 1 is 1.43 bits per heavy atom. The van der Waals surface area contributed by atoms with Crippen molar-refractivity contribution in [2.24, 2.45) is 0 Å². The Morgan fingerprint density at radius 3 is 2.70 bits per heavy atom. The summed E-state index contributed by atoms with van der Waals surface area (Å²) in [4.78, 5) is 14.8. The third-order valence-electron chi connectivity index (χ3n) is 3.49. The number of rotatable bonds is 5. The number of nitrogens with one attached hydrogen (secondary N) is 2. The van der Waals surface area contributed by atoms with Gasteiger partial charge in [0.15, 0.2) is 0 Å². The van der Waals surface area contributed by atoms with Crippen LogP contribution in [0.5, 0.6) is 0 Å². The van der Waals surface area contributed by atoms with Crippen molar-refractivity contribution in [3.63, 3.8) is 0 Å². The largest absolute Gasteiger partial charge is 0.373 e. The molecule has 2 rings (SSSR count). The van der Waals surface area contributed by atoms with Gasteiger partial charge in [-0.25, -0.2) is 8.42 Å². The first kappa shape index (κ1) is 18.1. The number of H-pyrrole nitrogens is 1. The molecule has 2 N–H and O–H groups in total. The Bertz CT molecular complexity index is 707. The molecule has 1 aromatic rings. The van der Waals surface area contributed by atoms with Gasteiger partial charge in [-0.2, -0.15) is 4.31 Å². The second-order valence-corrected chi connectivity index (χ2v) is 8.06. The number of carbonyl (C=O) groups is 1. The number of nitrogens with zero attached hydrogens (tertiary/aromatic N) is 1. The number of pyridine rings is 1. The summed E-state index contributed by atoms with van der Waals surface area (Å²) in [6.07, 6.45) is 1.36. The summed E-state index contributed by atoms with van der Waals surface area (Å²) in [5.74, 6) is -0.535. The fraction of sp³-hybridized carbons (Fsp3) is 0.571. The Balaban J connectivity index is 1.91. The topological polar surface area (TPSA) is 91.5 Å². The van der Waals surface area contributed by atoms with Gasteiger partial charge in [0.05, 0.1) is 23.5 Å². The van der Waals surface area contributed by atoms with E-state index >= 15 is 0 Å². The van der Waals surface area contributed by atoms with E-state index < -0.39 is 10.0 Å². The molecular formula is C14H21N3O4S2. The van der Waals surface area contributed by atoms with Gasteiger partial charge >= 0.3 is 0 Å². The SMILES string of the molecule is C[C@H]1CN(S(=O)(=O)CCNC(=O)c2ccc[nH]c2=S)C[C@H](C)O1. The van der Waals surface area contributed by atoms with E-state index in [9.17, 15) is 13.2 Å². The van der Waals surface area contributed by atoms with Crippen molar-refractivity contribution in [2.75, 3.05) is 25.4 Å². The lowest BCUT2D eigenvalue weighted by molar-refractivity contribution is -0.0440. The lowest BCUT2D eigenvalue weighted by atomic mass is 10.3. The zero-order valence-corrected chi connectivity index (χ0v) is 14.7. The van der Waals surface area contributed by atoms with Crippen molar-refractivity contribution in [1.29, 1.82) is 0 Å². The minimum Gasteiger partial charge on any atom is -0.373 e. The van der Waals surface area contributed by atoms with Crippen LogP contribution in [-0.2, 0) is 14.8 Å². The number of aromatic amines is 1. The van der Waals surface area contributed by atoms with Gasteiger partial charge in [-0.15, -0.1) is 0 Å². The number of carbonyl (C=O) groups excluding carboxylic acids is 1. The van der Waals surface area contributed by atoms with Crippen LogP contribution in [0.1, 0.15) is 24.2 Å². The Kier molecular flexibility index (Phi) is 5.90. The maximum atomic E-state index is 12.4. The maximum Gasteiger partial charge on any atom is 0.254 e.